The summed E-state index contributed by atoms with van der Waals surface area (Å²) in [7, 11) is -3.69. The summed E-state index contributed by atoms with van der Waals surface area (Å²) in [5, 5.41) is 12.2. The summed E-state index contributed by atoms with van der Waals surface area (Å²) in [6.07, 6.45) is 5.00. The molecule has 4 rings (SSSR count). The molecule has 2 heterocycles. The molecule has 31 heavy (non-hydrogen) atoms. The Labute approximate surface area is 191 Å². The van der Waals surface area contributed by atoms with Crippen LogP contribution < -0.4 is 5.32 Å². The Hall–Kier alpha value is -1.62. The zero-order valence-corrected chi connectivity index (χ0v) is 19.8. The van der Waals surface area contributed by atoms with Gasteiger partial charge >= 0.3 is 0 Å². The number of nitrogens with zero attached hydrogens (tertiary/aromatic N) is 4. The second-order valence-corrected chi connectivity index (χ2v) is 11.1. The van der Waals surface area contributed by atoms with Crippen LogP contribution in [0.25, 0.3) is 0 Å². The molecule has 2 aliphatic rings. The molecule has 1 aliphatic heterocycles. The first-order valence-electron chi connectivity index (χ1n) is 10.6. The number of piperidine rings is 1. The molecule has 2 aromatic rings. The minimum atomic E-state index is -3.69. The largest absolute Gasteiger partial charge is 0.325 e. The Bertz CT molecular complexity index is 1060. The van der Waals surface area contributed by atoms with Crippen LogP contribution in [0.5, 0.6) is 0 Å². The summed E-state index contributed by atoms with van der Waals surface area (Å²) in [6, 6.07) is 4.56. The highest BCUT2D eigenvalue weighted by Gasteiger charge is 2.30. The van der Waals surface area contributed by atoms with Gasteiger partial charge in [-0.1, -0.05) is 29.8 Å². The van der Waals surface area contributed by atoms with Crippen LogP contribution in [0.2, 0.25) is 5.02 Å². The molecule has 8 nitrogen and oxygen atoms in total. The number of hydrogen-bond acceptors (Lipinski definition) is 6. The zero-order chi connectivity index (χ0) is 22.0. The predicted molar refractivity (Wildman–Crippen MR) is 121 cm³/mol. The van der Waals surface area contributed by atoms with Crippen LogP contribution in [0.3, 0.4) is 0 Å². The molecule has 168 valence electrons. The van der Waals surface area contributed by atoms with E-state index in [1.54, 1.807) is 6.07 Å². The average Bonchev–Trinajstić information content (AvgIpc) is 3.53. The van der Waals surface area contributed by atoms with Crippen LogP contribution in [0, 0.1) is 0 Å². The first-order valence-corrected chi connectivity index (χ1v) is 13.4. The molecule has 1 aromatic heterocycles. The van der Waals surface area contributed by atoms with Gasteiger partial charge in [-0.05, 0) is 50.8 Å². The molecule has 0 atom stereocenters. The molecule has 0 radical (unpaired) electrons. The van der Waals surface area contributed by atoms with Crippen LogP contribution >= 0.6 is 23.4 Å². The van der Waals surface area contributed by atoms with E-state index in [4.69, 9.17) is 11.6 Å². The van der Waals surface area contributed by atoms with Crippen molar-refractivity contribution in [2.75, 3.05) is 24.2 Å². The highest BCUT2D eigenvalue weighted by Crippen LogP contribution is 2.40. The summed E-state index contributed by atoms with van der Waals surface area (Å²) in [5.41, 5.74) is 0.404. The second-order valence-electron chi connectivity index (χ2n) is 7.81. The Morgan fingerprint density at radius 1 is 1.23 bits per heavy atom. The zero-order valence-electron chi connectivity index (χ0n) is 17.4. The lowest BCUT2D eigenvalue weighted by molar-refractivity contribution is -0.113. The summed E-state index contributed by atoms with van der Waals surface area (Å²) >= 11 is 7.53. The Kier molecular flexibility index (Phi) is 6.90. The van der Waals surface area contributed by atoms with Crippen LogP contribution in [-0.4, -0.2) is 52.2 Å². The van der Waals surface area contributed by atoms with E-state index in [0.717, 1.165) is 49.6 Å². The summed E-state index contributed by atoms with van der Waals surface area (Å²) in [6.45, 7) is 3.79. The number of rotatable bonds is 8. The molecule has 2 fully saturated rings. The number of aromatic nitrogens is 3. The highest BCUT2D eigenvalue weighted by molar-refractivity contribution is 7.99. The third-order valence-electron chi connectivity index (χ3n) is 5.48. The third kappa shape index (κ3) is 5.08. The monoisotopic (exact) mass is 483 g/mol. The Morgan fingerprint density at radius 3 is 2.65 bits per heavy atom. The average molecular weight is 484 g/mol. The lowest BCUT2D eigenvalue weighted by Crippen LogP contribution is -2.35. The van der Waals surface area contributed by atoms with E-state index in [1.807, 2.05) is 6.92 Å². The number of amides is 1. The van der Waals surface area contributed by atoms with Gasteiger partial charge in [0.15, 0.2) is 5.16 Å². The molecule has 1 saturated heterocycles. The molecule has 1 amide bonds. The number of hydrogen-bond donors (Lipinski definition) is 1. The van der Waals surface area contributed by atoms with E-state index in [-0.39, 0.29) is 21.6 Å². The van der Waals surface area contributed by atoms with Gasteiger partial charge in [-0.3, -0.25) is 4.79 Å². The van der Waals surface area contributed by atoms with Gasteiger partial charge in [0.2, 0.25) is 15.9 Å². The molecular formula is C20H26ClN5O3S2. The Balaban J connectivity index is 1.42. The number of carbonyl (C=O) groups is 1. The lowest BCUT2D eigenvalue weighted by Gasteiger charge is -2.26. The minimum absolute atomic E-state index is 0.0290. The fourth-order valence-corrected chi connectivity index (χ4v) is 6.52. The number of anilines is 1. The van der Waals surface area contributed by atoms with Gasteiger partial charge < -0.3 is 9.88 Å². The van der Waals surface area contributed by atoms with E-state index in [9.17, 15) is 13.2 Å². The number of nitrogens with one attached hydrogen (secondary N) is 1. The first kappa shape index (κ1) is 22.6. The number of sulfonamides is 1. The van der Waals surface area contributed by atoms with Gasteiger partial charge in [0, 0.05) is 31.2 Å². The Morgan fingerprint density at radius 2 is 1.97 bits per heavy atom. The van der Waals surface area contributed by atoms with Crippen molar-refractivity contribution in [3.05, 3.63) is 29.0 Å². The fraction of sp³-hybridized carbons (Fsp3) is 0.550. The quantitative estimate of drug-likeness (QED) is 0.574. The van der Waals surface area contributed by atoms with Gasteiger partial charge in [-0.2, -0.15) is 4.31 Å². The predicted octanol–water partition coefficient (Wildman–Crippen LogP) is 3.73. The van der Waals surface area contributed by atoms with Crippen molar-refractivity contribution in [1.29, 1.82) is 0 Å². The van der Waals surface area contributed by atoms with Gasteiger partial charge in [0.25, 0.3) is 0 Å². The molecule has 1 aromatic carbocycles. The van der Waals surface area contributed by atoms with Crippen molar-refractivity contribution < 1.29 is 13.2 Å². The second kappa shape index (κ2) is 9.48. The molecule has 1 saturated carbocycles. The van der Waals surface area contributed by atoms with Crippen LogP contribution in [0.1, 0.15) is 50.8 Å². The van der Waals surface area contributed by atoms with Gasteiger partial charge in [0.05, 0.1) is 10.8 Å². The van der Waals surface area contributed by atoms with Crippen molar-refractivity contribution in [1.82, 2.24) is 19.1 Å². The van der Waals surface area contributed by atoms with Crippen LogP contribution in [0.4, 0.5) is 5.69 Å². The summed E-state index contributed by atoms with van der Waals surface area (Å²) in [4.78, 5) is 12.5. The van der Waals surface area contributed by atoms with E-state index in [0.29, 0.717) is 24.7 Å². The third-order valence-corrected chi connectivity index (χ3v) is 8.83. The van der Waals surface area contributed by atoms with Crippen LogP contribution in [-0.2, 0) is 21.4 Å². The number of benzene rings is 1. The van der Waals surface area contributed by atoms with Crippen molar-refractivity contribution in [3.8, 4) is 0 Å². The lowest BCUT2D eigenvalue weighted by atomic mass is 10.2. The van der Waals surface area contributed by atoms with Crippen molar-refractivity contribution in [2.24, 2.45) is 0 Å². The SMILES string of the molecule is CCn1c(SCC(=O)Nc2ccc(Cl)c(S(=O)(=O)N3CCCCC3)c2)nnc1C1CC1. The maximum atomic E-state index is 13.0. The van der Waals surface area contributed by atoms with Crippen LogP contribution in [0.15, 0.2) is 28.3 Å². The standard InChI is InChI=1S/C20H26ClN5O3S2/c1-2-26-19(14-6-7-14)23-24-20(26)30-13-18(27)22-15-8-9-16(21)17(12-15)31(28,29)25-10-4-3-5-11-25/h8-9,12,14H,2-7,10-11,13H2,1H3,(H,22,27). The molecule has 11 heteroatoms. The molecule has 1 aliphatic carbocycles. The molecule has 0 unspecified atom stereocenters. The molecule has 0 spiro atoms. The van der Waals surface area contributed by atoms with Gasteiger partial charge in [-0.15, -0.1) is 10.2 Å². The summed E-state index contributed by atoms with van der Waals surface area (Å²) < 4.78 is 29.5. The molecular weight excluding hydrogens is 458 g/mol. The maximum Gasteiger partial charge on any atom is 0.244 e. The topological polar surface area (TPSA) is 97.2 Å². The van der Waals surface area contributed by atoms with Gasteiger partial charge in [-0.25, -0.2) is 8.42 Å². The number of thioether (sulfide) groups is 1. The number of carbonyl (C=O) groups excluding carboxylic acids is 1. The van der Waals surface area contributed by atoms with Gasteiger partial charge in [0.1, 0.15) is 10.7 Å². The van der Waals surface area contributed by atoms with E-state index >= 15 is 0 Å². The molecule has 1 N–H and O–H groups in total. The van der Waals surface area contributed by atoms with E-state index < -0.39 is 10.0 Å². The van der Waals surface area contributed by atoms with E-state index in [1.165, 1.54) is 28.2 Å². The summed E-state index contributed by atoms with van der Waals surface area (Å²) in [5.74, 6) is 1.40. The fourth-order valence-electron chi connectivity index (χ4n) is 3.70. The maximum absolute atomic E-state index is 13.0. The van der Waals surface area contributed by atoms with Crippen molar-refractivity contribution in [3.63, 3.8) is 0 Å². The normalized spacial score (nSPS) is 17.6. The molecule has 0 bridgehead atoms. The van der Waals surface area contributed by atoms with E-state index in [2.05, 4.69) is 20.1 Å². The minimum Gasteiger partial charge on any atom is -0.325 e. The smallest absolute Gasteiger partial charge is 0.244 e. The van der Waals surface area contributed by atoms with Crippen molar-refractivity contribution >= 4 is 45.0 Å². The van der Waals surface area contributed by atoms with Crippen molar-refractivity contribution in [2.45, 2.75) is 61.5 Å². The highest BCUT2D eigenvalue weighted by atomic mass is 35.5. The first-order chi connectivity index (χ1) is 14.9. The number of halogens is 1.